The highest BCUT2D eigenvalue weighted by atomic mass is 32.2. The Morgan fingerprint density at radius 3 is 2.78 bits per heavy atom. The van der Waals surface area contributed by atoms with Crippen LogP contribution in [-0.2, 0) is 14.3 Å². The molecule has 2 N–H and O–H groups in total. The second-order valence-electron chi connectivity index (χ2n) is 5.36. The number of piperidine rings is 1. The van der Waals surface area contributed by atoms with Crippen LogP contribution in [0.3, 0.4) is 0 Å². The molecule has 1 heterocycles. The van der Waals surface area contributed by atoms with Crippen LogP contribution in [0.25, 0.3) is 0 Å². The molecule has 0 spiro atoms. The first-order valence-electron chi connectivity index (χ1n) is 7.40. The Hall–Kier alpha value is -2.02. The highest BCUT2D eigenvalue weighted by Gasteiger charge is 2.27. The zero-order valence-corrected chi connectivity index (χ0v) is 13.8. The van der Waals surface area contributed by atoms with E-state index in [0.29, 0.717) is 25.1 Å². The van der Waals surface area contributed by atoms with Crippen molar-refractivity contribution in [3.05, 3.63) is 29.8 Å². The second kappa shape index (κ2) is 8.01. The number of likely N-dealkylation sites (tertiary alicyclic amines) is 1. The van der Waals surface area contributed by atoms with Crippen molar-refractivity contribution >= 4 is 29.5 Å². The Morgan fingerprint density at radius 2 is 2.09 bits per heavy atom. The van der Waals surface area contributed by atoms with Gasteiger partial charge in [0.15, 0.2) is 6.61 Å². The highest BCUT2D eigenvalue weighted by molar-refractivity contribution is 7.98. The number of benzene rings is 1. The summed E-state index contributed by atoms with van der Waals surface area (Å²) in [6, 6.07) is 7.08. The molecule has 1 aliphatic heterocycles. The molecule has 6 nitrogen and oxygen atoms in total. The van der Waals surface area contributed by atoms with E-state index in [2.05, 4.69) is 0 Å². The number of hydrogen-bond acceptors (Lipinski definition) is 5. The van der Waals surface area contributed by atoms with Gasteiger partial charge >= 0.3 is 5.97 Å². The minimum Gasteiger partial charge on any atom is -0.452 e. The predicted molar refractivity (Wildman–Crippen MR) is 87.0 cm³/mol. The lowest BCUT2D eigenvalue weighted by atomic mass is 9.97. The molecule has 7 heteroatoms. The highest BCUT2D eigenvalue weighted by Crippen LogP contribution is 2.21. The third kappa shape index (κ3) is 4.48. The Morgan fingerprint density at radius 1 is 1.35 bits per heavy atom. The molecule has 1 saturated heterocycles. The van der Waals surface area contributed by atoms with Crippen LogP contribution in [0.4, 0.5) is 0 Å². The fourth-order valence-corrected chi connectivity index (χ4v) is 3.13. The molecule has 0 unspecified atom stereocenters. The van der Waals surface area contributed by atoms with Gasteiger partial charge in [0.2, 0.25) is 5.91 Å². The van der Waals surface area contributed by atoms with E-state index in [4.69, 9.17) is 10.5 Å². The maximum Gasteiger partial charge on any atom is 0.339 e. The van der Waals surface area contributed by atoms with Crippen LogP contribution in [0.1, 0.15) is 23.2 Å². The standard InChI is InChI=1S/C16H20N2O4S/c1-23-13-7-3-2-6-12(13)16(21)22-10-14(19)18-8-4-5-11(9-18)15(17)20/h2-3,6-7,11H,4-5,8-10H2,1H3,(H2,17,20)/t11-/m0/s1. The van der Waals surface area contributed by atoms with Crippen molar-refractivity contribution in [1.29, 1.82) is 0 Å². The topological polar surface area (TPSA) is 89.7 Å². The minimum atomic E-state index is -0.522. The average molecular weight is 336 g/mol. The summed E-state index contributed by atoms with van der Waals surface area (Å²) in [5, 5.41) is 0. The molecule has 1 fully saturated rings. The van der Waals surface area contributed by atoms with Crippen molar-refractivity contribution < 1.29 is 19.1 Å². The molecule has 2 amide bonds. The summed E-state index contributed by atoms with van der Waals surface area (Å²) in [7, 11) is 0. The number of primary amides is 1. The summed E-state index contributed by atoms with van der Waals surface area (Å²) in [5.74, 6) is -1.54. The summed E-state index contributed by atoms with van der Waals surface area (Å²) in [5.41, 5.74) is 5.74. The summed E-state index contributed by atoms with van der Waals surface area (Å²) >= 11 is 1.44. The molecule has 1 atom stereocenters. The Kier molecular flexibility index (Phi) is 6.04. The number of nitrogens with two attached hydrogens (primary N) is 1. The molecule has 0 aromatic heterocycles. The third-order valence-corrected chi connectivity index (χ3v) is 4.63. The molecule has 1 aromatic rings. The van der Waals surface area contributed by atoms with Gasteiger partial charge in [0.05, 0.1) is 11.5 Å². The van der Waals surface area contributed by atoms with E-state index < -0.39 is 11.9 Å². The Labute approximate surface area is 139 Å². The molecule has 0 aliphatic carbocycles. The first kappa shape index (κ1) is 17.3. The van der Waals surface area contributed by atoms with Gasteiger partial charge in [-0.05, 0) is 31.2 Å². The van der Waals surface area contributed by atoms with Gasteiger partial charge in [-0.25, -0.2) is 4.79 Å². The zero-order valence-electron chi connectivity index (χ0n) is 13.0. The molecule has 2 rings (SSSR count). The normalized spacial score (nSPS) is 17.6. The number of carbonyl (C=O) groups is 3. The van der Waals surface area contributed by atoms with Gasteiger partial charge in [0, 0.05) is 18.0 Å². The molecular weight excluding hydrogens is 316 g/mol. The van der Waals surface area contributed by atoms with Crippen LogP contribution in [0.15, 0.2) is 29.2 Å². The van der Waals surface area contributed by atoms with Gasteiger partial charge < -0.3 is 15.4 Å². The maximum absolute atomic E-state index is 12.1. The van der Waals surface area contributed by atoms with Crippen LogP contribution in [0, 0.1) is 5.92 Å². The average Bonchev–Trinajstić information content (AvgIpc) is 2.59. The quantitative estimate of drug-likeness (QED) is 0.646. The molecule has 0 radical (unpaired) electrons. The Bertz CT molecular complexity index is 605. The van der Waals surface area contributed by atoms with Crippen molar-refractivity contribution in [3.63, 3.8) is 0 Å². The van der Waals surface area contributed by atoms with Crippen molar-refractivity contribution in [2.24, 2.45) is 11.7 Å². The number of esters is 1. The minimum absolute atomic E-state index is 0.299. The van der Waals surface area contributed by atoms with E-state index in [-0.39, 0.29) is 18.4 Å². The lowest BCUT2D eigenvalue weighted by Crippen LogP contribution is -2.45. The van der Waals surface area contributed by atoms with Crippen LogP contribution in [0.5, 0.6) is 0 Å². The van der Waals surface area contributed by atoms with Gasteiger partial charge in [-0.3, -0.25) is 9.59 Å². The van der Waals surface area contributed by atoms with E-state index in [0.717, 1.165) is 11.3 Å². The van der Waals surface area contributed by atoms with Crippen LogP contribution >= 0.6 is 11.8 Å². The van der Waals surface area contributed by atoms with Crippen molar-refractivity contribution in [2.45, 2.75) is 17.7 Å². The Balaban J connectivity index is 1.91. The summed E-state index contributed by atoms with van der Waals surface area (Å²) in [4.78, 5) is 37.8. The SMILES string of the molecule is CSc1ccccc1C(=O)OCC(=O)N1CCC[C@H](C(N)=O)C1. The first-order valence-corrected chi connectivity index (χ1v) is 8.62. The fraction of sp³-hybridized carbons (Fsp3) is 0.438. The van der Waals surface area contributed by atoms with Crippen LogP contribution < -0.4 is 5.73 Å². The van der Waals surface area contributed by atoms with Gasteiger partial charge in [-0.2, -0.15) is 0 Å². The van der Waals surface area contributed by atoms with Crippen molar-refractivity contribution in [3.8, 4) is 0 Å². The summed E-state index contributed by atoms with van der Waals surface area (Å²) in [6.45, 7) is 0.529. The van der Waals surface area contributed by atoms with Gasteiger partial charge in [-0.1, -0.05) is 12.1 Å². The predicted octanol–water partition coefficient (Wildman–Crippen LogP) is 1.29. The lowest BCUT2D eigenvalue weighted by molar-refractivity contribution is -0.137. The number of carbonyl (C=O) groups excluding carboxylic acids is 3. The molecule has 124 valence electrons. The molecule has 23 heavy (non-hydrogen) atoms. The zero-order chi connectivity index (χ0) is 16.8. The van der Waals surface area contributed by atoms with Crippen LogP contribution in [-0.4, -0.2) is 48.6 Å². The van der Waals surface area contributed by atoms with Gasteiger partial charge in [0.25, 0.3) is 5.91 Å². The van der Waals surface area contributed by atoms with E-state index in [1.165, 1.54) is 16.7 Å². The lowest BCUT2D eigenvalue weighted by Gasteiger charge is -2.31. The van der Waals surface area contributed by atoms with E-state index in [9.17, 15) is 14.4 Å². The van der Waals surface area contributed by atoms with Crippen LogP contribution in [0.2, 0.25) is 0 Å². The van der Waals surface area contributed by atoms with Crippen molar-refractivity contribution in [1.82, 2.24) is 4.90 Å². The fourth-order valence-electron chi connectivity index (χ4n) is 2.55. The first-order chi connectivity index (χ1) is 11.0. The number of amides is 2. The van der Waals surface area contributed by atoms with Gasteiger partial charge in [-0.15, -0.1) is 11.8 Å². The van der Waals surface area contributed by atoms with E-state index in [1.54, 1.807) is 12.1 Å². The number of thioether (sulfide) groups is 1. The largest absolute Gasteiger partial charge is 0.452 e. The maximum atomic E-state index is 12.1. The summed E-state index contributed by atoms with van der Waals surface area (Å²) < 4.78 is 5.12. The molecule has 0 bridgehead atoms. The molecular formula is C16H20N2O4S. The molecule has 1 aliphatic rings. The van der Waals surface area contributed by atoms with E-state index in [1.807, 2.05) is 18.4 Å². The van der Waals surface area contributed by atoms with Crippen molar-refractivity contribution in [2.75, 3.05) is 26.0 Å². The smallest absolute Gasteiger partial charge is 0.339 e. The van der Waals surface area contributed by atoms with E-state index >= 15 is 0 Å². The second-order valence-corrected chi connectivity index (χ2v) is 6.21. The monoisotopic (exact) mass is 336 g/mol. The number of hydrogen-bond donors (Lipinski definition) is 1. The molecule has 1 aromatic carbocycles. The third-order valence-electron chi connectivity index (χ3n) is 3.83. The number of ether oxygens (including phenoxy) is 1. The molecule has 0 saturated carbocycles. The number of rotatable bonds is 5. The van der Waals surface area contributed by atoms with Gasteiger partial charge in [0.1, 0.15) is 0 Å². The summed E-state index contributed by atoms with van der Waals surface area (Å²) in [6.07, 6.45) is 3.29. The number of nitrogens with zero attached hydrogens (tertiary/aromatic N) is 1.